The monoisotopic (exact) mass is 521 g/mol. The van der Waals surface area contributed by atoms with Crippen LogP contribution in [0.25, 0.3) is 11.1 Å². The number of nitrogens with zero attached hydrogens (tertiary/aromatic N) is 7. The van der Waals surface area contributed by atoms with E-state index in [4.69, 9.17) is 0 Å². The molecule has 1 saturated heterocycles. The number of anilines is 2. The fourth-order valence-electron chi connectivity index (χ4n) is 4.54. The van der Waals surface area contributed by atoms with Gasteiger partial charge in [0.2, 0.25) is 6.30 Å². The highest BCUT2D eigenvalue weighted by atomic mass is 19.1. The summed E-state index contributed by atoms with van der Waals surface area (Å²) in [7, 11) is 0. The highest BCUT2D eigenvalue weighted by Gasteiger charge is 2.32. The number of aromatic nitrogens is 5. The Labute approximate surface area is 219 Å². The standard InChI is InChI=1S/C27H29F2N7O2/c1-18(37)19-2-7-22(8-3-19)34-12-14-35(15-13-34)23-9-4-20(5-10-23)21-6-11-24(30-16-21)25(28)26(38)27(29)36-17-31-32-33-36/h2-11,16-18,25-27,37-38H,12-15H2,1H3. The van der Waals surface area contributed by atoms with E-state index in [1.54, 1.807) is 13.0 Å². The van der Waals surface area contributed by atoms with Crippen LogP contribution in [0, 0.1) is 0 Å². The van der Waals surface area contributed by atoms with Gasteiger partial charge in [-0.1, -0.05) is 30.3 Å². The van der Waals surface area contributed by atoms with Crippen molar-refractivity contribution >= 4 is 11.4 Å². The first kappa shape index (κ1) is 25.7. The Bertz CT molecular complexity index is 1300. The van der Waals surface area contributed by atoms with E-state index in [1.165, 1.54) is 12.3 Å². The average molecular weight is 522 g/mol. The van der Waals surface area contributed by atoms with E-state index in [1.807, 2.05) is 24.3 Å². The van der Waals surface area contributed by atoms with Crippen LogP contribution in [0.4, 0.5) is 20.2 Å². The summed E-state index contributed by atoms with van der Waals surface area (Å²) in [5.41, 5.74) is 4.80. The third-order valence-corrected chi connectivity index (χ3v) is 6.85. The molecule has 2 N–H and O–H groups in total. The minimum atomic E-state index is -2.13. The zero-order valence-electron chi connectivity index (χ0n) is 20.8. The van der Waals surface area contributed by atoms with Gasteiger partial charge in [0, 0.05) is 49.3 Å². The Hall–Kier alpha value is -3.96. The molecule has 4 unspecified atom stereocenters. The molecule has 1 aliphatic rings. The number of piperazine rings is 1. The van der Waals surface area contributed by atoms with Crippen molar-refractivity contribution in [2.75, 3.05) is 36.0 Å². The van der Waals surface area contributed by atoms with E-state index in [9.17, 15) is 19.0 Å². The zero-order valence-corrected chi connectivity index (χ0v) is 20.8. The van der Waals surface area contributed by atoms with Crippen LogP contribution in [0.3, 0.4) is 0 Å². The number of hydrogen-bond acceptors (Lipinski definition) is 8. The van der Waals surface area contributed by atoms with Gasteiger partial charge in [-0.15, -0.1) is 5.10 Å². The van der Waals surface area contributed by atoms with Crippen molar-refractivity contribution < 1.29 is 19.0 Å². The Morgan fingerprint density at radius 2 is 1.37 bits per heavy atom. The van der Waals surface area contributed by atoms with Crippen LogP contribution < -0.4 is 9.80 Å². The molecule has 1 aliphatic heterocycles. The third-order valence-electron chi connectivity index (χ3n) is 6.85. The van der Waals surface area contributed by atoms with Gasteiger partial charge in [-0.2, -0.15) is 4.68 Å². The van der Waals surface area contributed by atoms with Gasteiger partial charge in [0.25, 0.3) is 0 Å². The number of tetrazole rings is 1. The van der Waals surface area contributed by atoms with E-state index < -0.39 is 24.7 Å². The molecule has 38 heavy (non-hydrogen) atoms. The zero-order chi connectivity index (χ0) is 26.6. The van der Waals surface area contributed by atoms with E-state index in [0.717, 1.165) is 60.6 Å². The van der Waals surface area contributed by atoms with Crippen LogP contribution in [-0.4, -0.2) is 67.7 Å². The van der Waals surface area contributed by atoms with Crippen LogP contribution >= 0.6 is 0 Å². The maximum atomic E-state index is 14.7. The van der Waals surface area contributed by atoms with Gasteiger partial charge in [0.05, 0.1) is 11.8 Å². The first-order chi connectivity index (χ1) is 18.4. The molecule has 4 aromatic rings. The van der Waals surface area contributed by atoms with Crippen LogP contribution in [0.15, 0.2) is 73.2 Å². The van der Waals surface area contributed by atoms with Gasteiger partial charge in [0.15, 0.2) is 6.17 Å². The van der Waals surface area contributed by atoms with Crippen LogP contribution in [-0.2, 0) is 0 Å². The first-order valence-electron chi connectivity index (χ1n) is 12.4. The summed E-state index contributed by atoms with van der Waals surface area (Å²) < 4.78 is 29.6. The maximum absolute atomic E-state index is 14.7. The van der Waals surface area contributed by atoms with Crippen molar-refractivity contribution in [2.45, 2.75) is 31.6 Å². The van der Waals surface area contributed by atoms with Gasteiger partial charge in [-0.05, 0) is 58.8 Å². The molecule has 9 nitrogen and oxygen atoms in total. The average Bonchev–Trinajstić information content (AvgIpc) is 3.52. The summed E-state index contributed by atoms with van der Waals surface area (Å²) >= 11 is 0. The molecular formula is C27H29F2N7O2. The molecule has 1 fully saturated rings. The lowest BCUT2D eigenvalue weighted by molar-refractivity contribution is -0.0294. The van der Waals surface area contributed by atoms with Gasteiger partial charge >= 0.3 is 0 Å². The molecule has 3 heterocycles. The predicted molar refractivity (Wildman–Crippen MR) is 139 cm³/mol. The lowest BCUT2D eigenvalue weighted by Crippen LogP contribution is -2.46. The van der Waals surface area contributed by atoms with E-state index >= 15 is 0 Å². The normalized spacial score (nSPS) is 17.2. The number of aliphatic hydroxyl groups is 2. The summed E-state index contributed by atoms with van der Waals surface area (Å²) in [5.74, 6) is 0. The van der Waals surface area contributed by atoms with Crippen molar-refractivity contribution in [3.05, 3.63) is 84.4 Å². The Morgan fingerprint density at radius 1 is 0.789 bits per heavy atom. The predicted octanol–water partition coefficient (Wildman–Crippen LogP) is 3.65. The van der Waals surface area contributed by atoms with Crippen molar-refractivity contribution in [1.29, 1.82) is 0 Å². The summed E-state index contributed by atoms with van der Waals surface area (Å²) in [6, 6.07) is 19.3. The maximum Gasteiger partial charge on any atom is 0.224 e. The second-order valence-electron chi connectivity index (χ2n) is 9.32. The van der Waals surface area contributed by atoms with Gasteiger partial charge < -0.3 is 20.0 Å². The fraction of sp³-hybridized carbons (Fsp3) is 0.333. The highest BCUT2D eigenvalue weighted by molar-refractivity contribution is 5.66. The first-order valence-corrected chi connectivity index (χ1v) is 12.4. The summed E-state index contributed by atoms with van der Waals surface area (Å²) in [6.45, 7) is 5.32. The second-order valence-corrected chi connectivity index (χ2v) is 9.32. The minimum absolute atomic E-state index is 0.0769. The smallest absolute Gasteiger partial charge is 0.224 e. The summed E-state index contributed by atoms with van der Waals surface area (Å²) in [6.07, 6.45) is -4.16. The lowest BCUT2D eigenvalue weighted by atomic mass is 10.0. The van der Waals surface area contributed by atoms with Crippen molar-refractivity contribution in [2.24, 2.45) is 0 Å². The number of halogens is 2. The molecule has 0 spiro atoms. The number of benzene rings is 2. The lowest BCUT2D eigenvalue weighted by Gasteiger charge is -2.37. The molecular weight excluding hydrogens is 492 g/mol. The van der Waals surface area contributed by atoms with Crippen molar-refractivity contribution in [3.63, 3.8) is 0 Å². The Morgan fingerprint density at radius 3 is 1.87 bits per heavy atom. The van der Waals surface area contributed by atoms with E-state index in [-0.39, 0.29) is 5.69 Å². The molecule has 0 saturated carbocycles. The molecule has 0 amide bonds. The molecule has 2 aromatic carbocycles. The van der Waals surface area contributed by atoms with Crippen molar-refractivity contribution in [1.82, 2.24) is 25.2 Å². The topological polar surface area (TPSA) is 103 Å². The van der Waals surface area contributed by atoms with E-state index in [0.29, 0.717) is 4.68 Å². The quantitative estimate of drug-likeness (QED) is 0.362. The molecule has 11 heteroatoms. The Balaban J connectivity index is 1.18. The van der Waals surface area contributed by atoms with Gasteiger partial charge in [0.1, 0.15) is 12.4 Å². The summed E-state index contributed by atoms with van der Waals surface area (Å²) in [5, 5.41) is 29.7. The van der Waals surface area contributed by atoms with E-state index in [2.05, 4.69) is 54.6 Å². The molecule has 0 radical (unpaired) electrons. The molecule has 198 valence electrons. The summed E-state index contributed by atoms with van der Waals surface area (Å²) in [4.78, 5) is 8.78. The fourth-order valence-corrected chi connectivity index (χ4v) is 4.54. The number of rotatable bonds is 8. The molecule has 0 aliphatic carbocycles. The molecule has 5 rings (SSSR count). The molecule has 4 atom stereocenters. The van der Waals surface area contributed by atoms with Crippen LogP contribution in [0.2, 0.25) is 0 Å². The number of aliphatic hydroxyl groups excluding tert-OH is 2. The number of hydrogen-bond donors (Lipinski definition) is 2. The SMILES string of the molecule is CC(O)c1ccc(N2CCN(c3ccc(-c4ccc(C(F)C(O)C(F)n5cnnn5)nc4)cc3)CC2)cc1. The third kappa shape index (κ3) is 5.48. The highest BCUT2D eigenvalue weighted by Crippen LogP contribution is 2.30. The minimum Gasteiger partial charge on any atom is -0.389 e. The van der Waals surface area contributed by atoms with Crippen LogP contribution in [0.1, 0.15) is 36.8 Å². The molecule has 0 bridgehead atoms. The largest absolute Gasteiger partial charge is 0.389 e. The van der Waals surface area contributed by atoms with Gasteiger partial charge in [-0.25, -0.2) is 8.78 Å². The van der Waals surface area contributed by atoms with Crippen molar-refractivity contribution in [3.8, 4) is 11.1 Å². The van der Waals surface area contributed by atoms with Crippen LogP contribution in [0.5, 0.6) is 0 Å². The number of alkyl halides is 2. The van der Waals surface area contributed by atoms with Gasteiger partial charge in [-0.3, -0.25) is 4.98 Å². The second kappa shape index (κ2) is 11.2. The Kier molecular flexibility index (Phi) is 7.57. The number of pyridine rings is 1. The molecule has 2 aromatic heterocycles.